The highest BCUT2D eigenvalue weighted by atomic mass is 35.5. The molecule has 2 atom stereocenters. The Balaban J connectivity index is 1.68. The summed E-state index contributed by atoms with van der Waals surface area (Å²) in [4.78, 5) is 24.0. The van der Waals surface area contributed by atoms with E-state index in [2.05, 4.69) is 10.6 Å². The fourth-order valence-corrected chi connectivity index (χ4v) is 3.33. The predicted molar refractivity (Wildman–Crippen MR) is 106 cm³/mol. The number of benzene rings is 2. The van der Waals surface area contributed by atoms with Crippen molar-refractivity contribution in [1.82, 2.24) is 10.6 Å². The fraction of sp³-hybridized carbons (Fsp3) is 0.300. The molecule has 0 spiro atoms. The van der Waals surface area contributed by atoms with Gasteiger partial charge in [0.1, 0.15) is 13.2 Å². The second kappa shape index (κ2) is 8.84. The zero-order valence-corrected chi connectivity index (χ0v) is 16.2. The number of primary amides is 1. The van der Waals surface area contributed by atoms with Crippen molar-refractivity contribution in [3.05, 3.63) is 58.6 Å². The van der Waals surface area contributed by atoms with Crippen LogP contribution in [0.15, 0.2) is 42.5 Å². The van der Waals surface area contributed by atoms with Crippen LogP contribution in [0, 0.1) is 0 Å². The molecule has 28 heavy (non-hydrogen) atoms. The third kappa shape index (κ3) is 4.86. The molecule has 2 aromatic carbocycles. The number of ether oxygens (including phenoxy) is 2. The summed E-state index contributed by atoms with van der Waals surface area (Å²) >= 11 is 6.21. The average Bonchev–Trinajstić information content (AvgIpc) is 2.67. The molecule has 0 radical (unpaired) electrons. The van der Waals surface area contributed by atoms with Gasteiger partial charge < -0.3 is 25.8 Å². The molecule has 8 heteroatoms. The first kappa shape index (κ1) is 19.8. The first-order valence-electron chi connectivity index (χ1n) is 8.93. The topological polar surface area (TPSA) is 103 Å². The van der Waals surface area contributed by atoms with Crippen molar-refractivity contribution in [2.45, 2.75) is 25.4 Å². The van der Waals surface area contributed by atoms with E-state index < -0.39 is 12.1 Å². The Kier molecular flexibility index (Phi) is 6.26. The lowest BCUT2D eigenvalue weighted by molar-refractivity contribution is -0.122. The molecule has 0 fully saturated rings. The van der Waals surface area contributed by atoms with Gasteiger partial charge in [-0.05, 0) is 36.2 Å². The summed E-state index contributed by atoms with van der Waals surface area (Å²) in [6, 6.07) is 11.0. The fourth-order valence-electron chi connectivity index (χ4n) is 3.07. The van der Waals surface area contributed by atoms with Crippen molar-refractivity contribution in [3.8, 4) is 11.5 Å². The number of urea groups is 1. The summed E-state index contributed by atoms with van der Waals surface area (Å²) in [7, 11) is 0. The lowest BCUT2D eigenvalue weighted by Gasteiger charge is -2.22. The lowest BCUT2D eigenvalue weighted by Crippen LogP contribution is -2.37. The molecule has 1 heterocycles. The Morgan fingerprint density at radius 3 is 2.54 bits per heavy atom. The van der Waals surface area contributed by atoms with Gasteiger partial charge in [0.05, 0.1) is 18.5 Å². The van der Waals surface area contributed by atoms with Gasteiger partial charge in [-0.25, -0.2) is 4.79 Å². The maximum atomic E-state index is 12.6. The highest BCUT2D eigenvalue weighted by molar-refractivity contribution is 6.31. The van der Waals surface area contributed by atoms with Crippen LogP contribution in [0.25, 0.3) is 0 Å². The van der Waals surface area contributed by atoms with Crippen LogP contribution in [0.1, 0.15) is 36.6 Å². The minimum atomic E-state index is -0.724. The number of carbonyl (C=O) groups is 2. The van der Waals surface area contributed by atoms with E-state index in [1.165, 1.54) is 0 Å². The first-order chi connectivity index (χ1) is 13.4. The van der Waals surface area contributed by atoms with Crippen molar-refractivity contribution < 1.29 is 19.1 Å². The molecule has 7 nitrogen and oxygen atoms in total. The molecule has 0 saturated heterocycles. The van der Waals surface area contributed by atoms with Crippen molar-refractivity contribution in [2.24, 2.45) is 5.73 Å². The number of halogens is 1. The number of carbonyl (C=O) groups excluding carboxylic acids is 2. The molecule has 1 aliphatic rings. The van der Waals surface area contributed by atoms with E-state index in [1.807, 2.05) is 25.1 Å². The number of amides is 3. The van der Waals surface area contributed by atoms with Crippen LogP contribution in [0.5, 0.6) is 11.5 Å². The van der Waals surface area contributed by atoms with Gasteiger partial charge in [0.25, 0.3) is 0 Å². The SMILES string of the molecule is C[C@@H](NC(=O)C[C@@H](NC(N)=O)c1ccccc1Cl)c1ccc2c(c1)OCCO2. The highest BCUT2D eigenvalue weighted by Crippen LogP contribution is 2.32. The molecule has 3 rings (SSSR count). The van der Waals surface area contributed by atoms with Crippen molar-refractivity contribution >= 4 is 23.5 Å². The van der Waals surface area contributed by atoms with E-state index in [0.29, 0.717) is 35.3 Å². The Bertz CT molecular complexity index is 874. The van der Waals surface area contributed by atoms with Crippen LogP contribution in [0.3, 0.4) is 0 Å². The van der Waals surface area contributed by atoms with Gasteiger partial charge in [-0.3, -0.25) is 4.79 Å². The van der Waals surface area contributed by atoms with Gasteiger partial charge in [-0.1, -0.05) is 35.9 Å². The molecule has 3 amide bonds. The maximum absolute atomic E-state index is 12.6. The number of fused-ring (bicyclic) bond motifs is 1. The van der Waals surface area contributed by atoms with Crippen LogP contribution in [-0.2, 0) is 4.79 Å². The third-order valence-corrected chi connectivity index (χ3v) is 4.77. The summed E-state index contributed by atoms with van der Waals surface area (Å²) in [6.45, 7) is 2.89. The number of nitrogens with two attached hydrogens (primary N) is 1. The van der Waals surface area contributed by atoms with Crippen molar-refractivity contribution in [2.75, 3.05) is 13.2 Å². The minimum Gasteiger partial charge on any atom is -0.486 e. The first-order valence-corrected chi connectivity index (χ1v) is 9.31. The second-order valence-corrected chi connectivity index (χ2v) is 6.89. The quantitative estimate of drug-likeness (QED) is 0.689. The highest BCUT2D eigenvalue weighted by Gasteiger charge is 2.21. The van der Waals surface area contributed by atoms with E-state index >= 15 is 0 Å². The van der Waals surface area contributed by atoms with Gasteiger partial charge in [-0.15, -0.1) is 0 Å². The zero-order chi connectivity index (χ0) is 20.1. The van der Waals surface area contributed by atoms with Gasteiger partial charge in [0, 0.05) is 5.02 Å². The molecule has 0 aromatic heterocycles. The molecule has 1 aliphatic heterocycles. The third-order valence-electron chi connectivity index (χ3n) is 4.43. The molecule has 148 valence electrons. The van der Waals surface area contributed by atoms with Gasteiger partial charge in [0.2, 0.25) is 5.91 Å². The van der Waals surface area contributed by atoms with Gasteiger partial charge >= 0.3 is 6.03 Å². The van der Waals surface area contributed by atoms with Crippen LogP contribution in [0.4, 0.5) is 4.79 Å². The van der Waals surface area contributed by atoms with E-state index in [-0.39, 0.29) is 18.4 Å². The molecule has 2 aromatic rings. The monoisotopic (exact) mass is 403 g/mol. The Labute approximate surface area is 168 Å². The molecular formula is C20H22ClN3O4. The molecule has 0 bridgehead atoms. The normalized spacial score (nSPS) is 14.6. The number of hydrogen-bond acceptors (Lipinski definition) is 4. The summed E-state index contributed by atoms with van der Waals surface area (Å²) in [5, 5.41) is 5.96. The zero-order valence-electron chi connectivity index (χ0n) is 15.4. The standard InChI is InChI=1S/C20H22ClN3O4/c1-12(13-6-7-17-18(10-13)28-9-8-27-17)23-19(25)11-16(24-20(22)26)14-4-2-3-5-15(14)21/h2-7,10,12,16H,8-9,11H2,1H3,(H,23,25)(H3,22,24,26)/t12-,16-/m1/s1. The smallest absolute Gasteiger partial charge is 0.312 e. The summed E-state index contributed by atoms with van der Waals surface area (Å²) in [5.41, 5.74) is 6.78. The summed E-state index contributed by atoms with van der Waals surface area (Å²) in [6.07, 6.45) is 0.00155. The Morgan fingerprint density at radius 2 is 1.82 bits per heavy atom. The van der Waals surface area contributed by atoms with E-state index in [0.717, 1.165) is 5.56 Å². The van der Waals surface area contributed by atoms with Gasteiger partial charge in [0.15, 0.2) is 11.5 Å². The average molecular weight is 404 g/mol. The Hall–Kier alpha value is -2.93. The molecular weight excluding hydrogens is 382 g/mol. The molecule has 0 saturated carbocycles. The van der Waals surface area contributed by atoms with Crippen LogP contribution < -0.4 is 25.8 Å². The second-order valence-electron chi connectivity index (χ2n) is 6.48. The largest absolute Gasteiger partial charge is 0.486 e. The van der Waals surface area contributed by atoms with Crippen LogP contribution in [0.2, 0.25) is 5.02 Å². The predicted octanol–water partition coefficient (Wildman–Crippen LogP) is 3.09. The van der Waals surface area contributed by atoms with Crippen LogP contribution >= 0.6 is 11.6 Å². The maximum Gasteiger partial charge on any atom is 0.312 e. The molecule has 4 N–H and O–H groups in total. The summed E-state index contributed by atoms with van der Waals surface area (Å²) < 4.78 is 11.1. The van der Waals surface area contributed by atoms with Crippen LogP contribution in [-0.4, -0.2) is 25.2 Å². The van der Waals surface area contributed by atoms with E-state index in [9.17, 15) is 9.59 Å². The Morgan fingerprint density at radius 1 is 1.11 bits per heavy atom. The van der Waals surface area contributed by atoms with Gasteiger partial charge in [-0.2, -0.15) is 0 Å². The van der Waals surface area contributed by atoms with E-state index in [1.54, 1.807) is 24.3 Å². The van der Waals surface area contributed by atoms with Crippen molar-refractivity contribution in [3.63, 3.8) is 0 Å². The van der Waals surface area contributed by atoms with Crippen molar-refractivity contribution in [1.29, 1.82) is 0 Å². The summed E-state index contributed by atoms with van der Waals surface area (Å²) in [5.74, 6) is 1.10. The lowest BCUT2D eigenvalue weighted by atomic mass is 10.0. The molecule has 0 unspecified atom stereocenters. The minimum absolute atomic E-state index is 0.00155. The number of hydrogen-bond donors (Lipinski definition) is 3. The number of rotatable bonds is 6. The number of nitrogens with one attached hydrogen (secondary N) is 2. The molecule has 0 aliphatic carbocycles. The van der Waals surface area contributed by atoms with E-state index in [4.69, 9.17) is 26.8 Å².